The molecule has 0 aliphatic carbocycles. The van der Waals surface area contributed by atoms with E-state index in [0.717, 1.165) is 25.5 Å². The molecule has 0 bridgehead atoms. The summed E-state index contributed by atoms with van der Waals surface area (Å²) in [6, 6.07) is 0. The van der Waals surface area contributed by atoms with Gasteiger partial charge in [0.25, 0.3) is 0 Å². The molecule has 6 nitrogen and oxygen atoms in total. The first kappa shape index (κ1) is 24.5. The van der Waals surface area contributed by atoms with Crippen molar-refractivity contribution in [2.75, 3.05) is 38.2 Å². The van der Waals surface area contributed by atoms with Gasteiger partial charge in [-0.1, -0.05) is 0 Å². The molecule has 0 atom stereocenters. The highest BCUT2D eigenvalue weighted by Crippen LogP contribution is 2.20. The number of thioether (sulfide) groups is 1. The van der Waals surface area contributed by atoms with Crippen molar-refractivity contribution in [2.24, 2.45) is 4.99 Å². The van der Waals surface area contributed by atoms with E-state index < -0.39 is 10.0 Å². The Balaban J connectivity index is 0. The van der Waals surface area contributed by atoms with Crippen LogP contribution in [0.15, 0.2) is 4.99 Å². The van der Waals surface area contributed by atoms with Crippen LogP contribution in [0.1, 0.15) is 34.1 Å². The number of aliphatic imine (C=N–C) groups is 1. The fourth-order valence-electron chi connectivity index (χ4n) is 1.30. The molecule has 0 radical (unpaired) electrons. The van der Waals surface area contributed by atoms with Crippen LogP contribution in [0.3, 0.4) is 0 Å². The molecule has 0 heterocycles. The quantitative estimate of drug-likeness (QED) is 0.197. The van der Waals surface area contributed by atoms with Gasteiger partial charge in [-0.3, -0.25) is 4.99 Å². The molecule has 0 aromatic heterocycles. The lowest BCUT2D eigenvalue weighted by Crippen LogP contribution is -2.39. The summed E-state index contributed by atoms with van der Waals surface area (Å²) >= 11 is 1.79. The minimum atomic E-state index is -3.09. The molecule has 3 N–H and O–H groups in total. The van der Waals surface area contributed by atoms with Crippen molar-refractivity contribution in [3.05, 3.63) is 0 Å². The van der Waals surface area contributed by atoms with Crippen molar-refractivity contribution < 1.29 is 8.42 Å². The number of hydrogen-bond donors (Lipinski definition) is 3. The lowest BCUT2D eigenvalue weighted by molar-refractivity contribution is 0.579. The van der Waals surface area contributed by atoms with Gasteiger partial charge in [-0.25, -0.2) is 13.1 Å². The Morgan fingerprint density at radius 1 is 1.18 bits per heavy atom. The summed E-state index contributed by atoms with van der Waals surface area (Å²) < 4.78 is 25.2. The second kappa shape index (κ2) is 12.7. The number of nitrogens with one attached hydrogen (secondary N) is 3. The first-order chi connectivity index (χ1) is 9.76. The summed E-state index contributed by atoms with van der Waals surface area (Å²) in [7, 11) is -3.09. The van der Waals surface area contributed by atoms with Crippen LogP contribution in [-0.2, 0) is 10.0 Å². The van der Waals surface area contributed by atoms with E-state index >= 15 is 0 Å². The largest absolute Gasteiger partial charge is 0.357 e. The van der Waals surface area contributed by atoms with Crippen molar-refractivity contribution in [1.82, 2.24) is 15.4 Å². The van der Waals surface area contributed by atoms with Gasteiger partial charge in [-0.05, 0) is 40.4 Å². The van der Waals surface area contributed by atoms with Gasteiger partial charge in [0.1, 0.15) is 0 Å². The molecule has 0 spiro atoms. The Kier molecular flexibility index (Phi) is 14.1. The van der Waals surface area contributed by atoms with Crippen molar-refractivity contribution in [3.8, 4) is 0 Å². The fourth-order valence-corrected chi connectivity index (χ4v) is 2.15. The molecular formula is C13H31IN4O2S2. The summed E-state index contributed by atoms with van der Waals surface area (Å²) in [6.45, 7) is 10.6. The Hall–Kier alpha value is 0.260. The molecule has 0 rings (SSSR count). The van der Waals surface area contributed by atoms with Crippen LogP contribution in [0.25, 0.3) is 0 Å². The number of halogens is 1. The summed E-state index contributed by atoms with van der Waals surface area (Å²) in [5.74, 6) is 0.895. The average Bonchev–Trinajstić information content (AvgIpc) is 2.44. The first-order valence-corrected chi connectivity index (χ1v) is 10.2. The molecule has 0 saturated carbocycles. The smallest absolute Gasteiger partial charge is 0.211 e. The van der Waals surface area contributed by atoms with Gasteiger partial charge in [-0.2, -0.15) is 11.8 Å². The zero-order valence-corrected chi connectivity index (χ0v) is 18.2. The van der Waals surface area contributed by atoms with E-state index in [1.165, 1.54) is 0 Å². The van der Waals surface area contributed by atoms with Crippen molar-refractivity contribution >= 4 is 51.7 Å². The third kappa shape index (κ3) is 12.8. The van der Waals surface area contributed by atoms with Gasteiger partial charge >= 0.3 is 0 Å². The number of sulfonamides is 1. The highest BCUT2D eigenvalue weighted by atomic mass is 127. The van der Waals surface area contributed by atoms with E-state index in [4.69, 9.17) is 0 Å². The molecule has 0 aliphatic rings. The predicted molar refractivity (Wildman–Crippen MR) is 109 cm³/mol. The molecule has 0 unspecified atom stereocenters. The van der Waals surface area contributed by atoms with E-state index in [-0.39, 0.29) is 34.5 Å². The maximum Gasteiger partial charge on any atom is 0.211 e. The van der Waals surface area contributed by atoms with E-state index in [0.29, 0.717) is 13.1 Å². The third-order valence-electron chi connectivity index (χ3n) is 2.86. The minimum Gasteiger partial charge on any atom is -0.357 e. The lowest BCUT2D eigenvalue weighted by Gasteiger charge is -2.20. The minimum absolute atomic E-state index is 0. The van der Waals surface area contributed by atoms with E-state index in [9.17, 15) is 8.42 Å². The Morgan fingerprint density at radius 2 is 1.82 bits per heavy atom. The summed E-state index contributed by atoms with van der Waals surface area (Å²) in [5.41, 5.74) is 0. The van der Waals surface area contributed by atoms with Crippen LogP contribution in [0.4, 0.5) is 0 Å². The Labute approximate surface area is 157 Å². The topological polar surface area (TPSA) is 82.6 Å². The van der Waals surface area contributed by atoms with Gasteiger partial charge in [0.15, 0.2) is 5.96 Å². The standard InChI is InChI=1S/C13H30N4O2S2.HI/c1-6-14-12(16-11-13(3,4)20-5)15-9-8-10-17-21(18,19)7-2;/h17H,6-11H2,1-5H3,(H2,14,15,16);1H. The lowest BCUT2D eigenvalue weighted by atomic mass is 10.2. The van der Waals surface area contributed by atoms with Gasteiger partial charge in [0.05, 0.1) is 12.3 Å². The number of nitrogens with zero attached hydrogens (tertiary/aromatic N) is 1. The summed E-state index contributed by atoms with van der Waals surface area (Å²) in [5, 5.41) is 6.41. The third-order valence-corrected chi connectivity index (χ3v) is 5.50. The van der Waals surface area contributed by atoms with Crippen molar-refractivity contribution in [1.29, 1.82) is 0 Å². The highest BCUT2D eigenvalue weighted by Gasteiger charge is 2.15. The zero-order valence-electron chi connectivity index (χ0n) is 14.2. The zero-order chi connectivity index (χ0) is 16.4. The SMILES string of the molecule is CCNC(=NCC(C)(C)SC)NCCCNS(=O)(=O)CC.I. The molecule has 0 aromatic rings. The average molecular weight is 466 g/mol. The second-order valence-electron chi connectivity index (χ2n) is 5.24. The predicted octanol–water partition coefficient (Wildman–Crippen LogP) is 1.63. The van der Waals surface area contributed by atoms with E-state index in [2.05, 4.69) is 40.5 Å². The fraction of sp³-hybridized carbons (Fsp3) is 0.923. The van der Waals surface area contributed by atoms with Gasteiger partial charge < -0.3 is 10.6 Å². The molecular weight excluding hydrogens is 435 g/mol. The van der Waals surface area contributed by atoms with Crippen LogP contribution >= 0.6 is 35.7 Å². The van der Waals surface area contributed by atoms with Crippen LogP contribution in [0, 0.1) is 0 Å². The molecule has 0 amide bonds. The maximum atomic E-state index is 11.3. The van der Waals surface area contributed by atoms with Gasteiger partial charge in [0, 0.05) is 24.4 Å². The normalized spacial score (nSPS) is 12.7. The number of hydrogen-bond acceptors (Lipinski definition) is 4. The molecule has 134 valence electrons. The first-order valence-electron chi connectivity index (χ1n) is 7.31. The van der Waals surface area contributed by atoms with Crippen molar-refractivity contribution in [3.63, 3.8) is 0 Å². The molecule has 0 saturated heterocycles. The van der Waals surface area contributed by atoms with Crippen LogP contribution in [0.5, 0.6) is 0 Å². The Morgan fingerprint density at radius 3 is 2.32 bits per heavy atom. The van der Waals surface area contributed by atoms with Gasteiger partial charge in [-0.15, -0.1) is 24.0 Å². The van der Waals surface area contributed by atoms with Crippen LogP contribution in [-0.4, -0.2) is 57.3 Å². The van der Waals surface area contributed by atoms with E-state index in [1.807, 2.05) is 6.92 Å². The van der Waals surface area contributed by atoms with Crippen LogP contribution < -0.4 is 15.4 Å². The number of guanidine groups is 1. The molecule has 22 heavy (non-hydrogen) atoms. The number of rotatable bonds is 10. The highest BCUT2D eigenvalue weighted by molar-refractivity contribution is 14.0. The van der Waals surface area contributed by atoms with Crippen molar-refractivity contribution in [2.45, 2.75) is 38.9 Å². The van der Waals surface area contributed by atoms with Crippen LogP contribution in [0.2, 0.25) is 0 Å². The Bertz CT molecular complexity index is 414. The van der Waals surface area contributed by atoms with E-state index in [1.54, 1.807) is 18.7 Å². The molecule has 0 aliphatic heterocycles. The maximum absolute atomic E-state index is 11.3. The molecule has 9 heteroatoms. The molecule has 0 aromatic carbocycles. The summed E-state index contributed by atoms with van der Waals surface area (Å²) in [4.78, 5) is 4.55. The van der Waals surface area contributed by atoms with Gasteiger partial charge in [0.2, 0.25) is 10.0 Å². The second-order valence-corrected chi connectivity index (χ2v) is 8.85. The monoisotopic (exact) mass is 466 g/mol. The summed E-state index contributed by atoms with van der Waals surface area (Å²) in [6.07, 6.45) is 2.80. The molecule has 0 fully saturated rings.